The summed E-state index contributed by atoms with van der Waals surface area (Å²) in [6, 6.07) is 6.11. The number of nitrogen functional groups attached to an aromatic ring is 1. The van der Waals surface area contributed by atoms with Crippen molar-refractivity contribution in [3.8, 4) is 6.07 Å². The van der Waals surface area contributed by atoms with Crippen LogP contribution in [-0.4, -0.2) is 6.26 Å². The molecular weight excluding hydrogens is 212 g/mol. The van der Waals surface area contributed by atoms with Crippen molar-refractivity contribution in [2.75, 3.05) is 12.0 Å². The Morgan fingerprint density at radius 1 is 1.50 bits per heavy atom. The molecule has 0 amide bonds. The Morgan fingerprint density at radius 3 is 2.93 bits per heavy atom. The molecule has 0 bridgehead atoms. The van der Waals surface area contributed by atoms with Crippen LogP contribution in [0.3, 0.4) is 0 Å². The fourth-order valence-corrected chi connectivity index (χ4v) is 2.78. The molecule has 1 aromatic carbocycles. The lowest BCUT2D eigenvalue weighted by atomic mass is 10.2. The second-order valence-corrected chi connectivity index (χ2v) is 4.61. The molecule has 0 spiro atoms. The Bertz CT molecular complexity index is 523. The molecular formula is C10H8N2S2. The van der Waals surface area contributed by atoms with E-state index < -0.39 is 0 Å². The van der Waals surface area contributed by atoms with Gasteiger partial charge in [-0.15, -0.1) is 23.1 Å². The van der Waals surface area contributed by atoms with Crippen molar-refractivity contribution >= 4 is 38.9 Å². The van der Waals surface area contributed by atoms with Gasteiger partial charge in [0.05, 0.1) is 5.56 Å². The van der Waals surface area contributed by atoms with Crippen LogP contribution in [0.25, 0.3) is 10.1 Å². The molecule has 4 heteroatoms. The Kier molecular flexibility index (Phi) is 2.36. The summed E-state index contributed by atoms with van der Waals surface area (Å²) >= 11 is 3.16. The van der Waals surface area contributed by atoms with Gasteiger partial charge in [0.1, 0.15) is 6.07 Å². The molecule has 0 atom stereocenters. The molecule has 1 aromatic heterocycles. The number of nitrogens with zero attached hydrogens (tertiary/aromatic N) is 1. The van der Waals surface area contributed by atoms with E-state index in [-0.39, 0.29) is 0 Å². The zero-order chi connectivity index (χ0) is 10.1. The number of benzene rings is 1. The molecule has 0 fully saturated rings. The van der Waals surface area contributed by atoms with Crippen LogP contribution in [0.15, 0.2) is 22.4 Å². The first-order chi connectivity index (χ1) is 6.76. The summed E-state index contributed by atoms with van der Waals surface area (Å²) in [5, 5.41) is 11.8. The van der Waals surface area contributed by atoms with Crippen molar-refractivity contribution in [3.63, 3.8) is 0 Å². The smallest absolute Gasteiger partial charge is 0.101 e. The third-order valence-corrected chi connectivity index (χ3v) is 3.78. The van der Waals surface area contributed by atoms with Crippen molar-refractivity contribution < 1.29 is 0 Å². The van der Waals surface area contributed by atoms with Crippen LogP contribution in [0.4, 0.5) is 5.69 Å². The molecule has 0 unspecified atom stereocenters. The third kappa shape index (κ3) is 1.35. The van der Waals surface area contributed by atoms with Crippen molar-refractivity contribution in [1.82, 2.24) is 0 Å². The van der Waals surface area contributed by atoms with E-state index >= 15 is 0 Å². The quantitative estimate of drug-likeness (QED) is 0.593. The minimum Gasteiger partial charge on any atom is -0.398 e. The van der Waals surface area contributed by atoms with E-state index in [4.69, 9.17) is 11.0 Å². The number of hydrogen-bond donors (Lipinski definition) is 1. The zero-order valence-electron chi connectivity index (χ0n) is 7.57. The van der Waals surface area contributed by atoms with E-state index in [0.717, 1.165) is 26.2 Å². The fraction of sp³-hybridized carbons (Fsp3) is 0.100. The molecule has 14 heavy (non-hydrogen) atoms. The van der Waals surface area contributed by atoms with Gasteiger partial charge < -0.3 is 5.73 Å². The Labute approximate surface area is 90.3 Å². The monoisotopic (exact) mass is 220 g/mol. The van der Waals surface area contributed by atoms with Crippen molar-refractivity contribution in [2.45, 2.75) is 4.90 Å². The minimum absolute atomic E-state index is 0.736. The van der Waals surface area contributed by atoms with Crippen molar-refractivity contribution in [3.05, 3.63) is 23.1 Å². The Balaban J connectivity index is 2.78. The minimum atomic E-state index is 0.736. The van der Waals surface area contributed by atoms with Crippen LogP contribution >= 0.6 is 23.1 Å². The highest BCUT2D eigenvalue weighted by Crippen LogP contribution is 2.33. The lowest BCUT2D eigenvalue weighted by Gasteiger charge is -2.01. The van der Waals surface area contributed by atoms with Crippen LogP contribution < -0.4 is 5.73 Å². The van der Waals surface area contributed by atoms with E-state index in [0.29, 0.717) is 0 Å². The summed E-state index contributed by atoms with van der Waals surface area (Å²) in [6.45, 7) is 0. The molecule has 2 rings (SSSR count). The molecule has 0 saturated heterocycles. The topological polar surface area (TPSA) is 49.8 Å². The first kappa shape index (κ1) is 9.38. The zero-order valence-corrected chi connectivity index (χ0v) is 9.21. The third-order valence-electron chi connectivity index (χ3n) is 2.05. The Morgan fingerprint density at radius 2 is 2.29 bits per heavy atom. The average Bonchev–Trinajstić information content (AvgIpc) is 2.58. The number of thioether (sulfide) groups is 1. The molecule has 2 N–H and O–H groups in total. The molecule has 0 aliphatic heterocycles. The van der Waals surface area contributed by atoms with Gasteiger partial charge in [0.15, 0.2) is 0 Å². The summed E-state index contributed by atoms with van der Waals surface area (Å²) < 4.78 is 1.08. The van der Waals surface area contributed by atoms with Crippen LogP contribution in [0.2, 0.25) is 0 Å². The molecule has 0 radical (unpaired) electrons. The first-order valence-corrected chi connectivity index (χ1v) is 6.11. The summed E-state index contributed by atoms with van der Waals surface area (Å²) in [5.41, 5.74) is 7.38. The number of hydrogen-bond acceptors (Lipinski definition) is 4. The highest BCUT2D eigenvalue weighted by Gasteiger charge is 2.06. The maximum Gasteiger partial charge on any atom is 0.101 e. The summed E-state index contributed by atoms with van der Waals surface area (Å²) in [5.74, 6) is 0. The number of anilines is 1. The number of nitrogens with two attached hydrogens (primary N) is 1. The van der Waals surface area contributed by atoms with Gasteiger partial charge in [-0.05, 0) is 18.4 Å². The standard InChI is InChI=1S/C10H8N2S2/c1-13-10-2-7-6(4-11)5-14-9(7)3-8(10)12/h2-3,5H,12H2,1H3. The normalized spacial score (nSPS) is 10.3. The van der Waals surface area contributed by atoms with Crippen molar-refractivity contribution in [2.24, 2.45) is 0 Å². The first-order valence-electron chi connectivity index (χ1n) is 4.01. The van der Waals surface area contributed by atoms with Gasteiger partial charge in [-0.3, -0.25) is 0 Å². The van der Waals surface area contributed by atoms with Crippen molar-refractivity contribution in [1.29, 1.82) is 5.26 Å². The van der Waals surface area contributed by atoms with Gasteiger partial charge in [0, 0.05) is 26.0 Å². The van der Waals surface area contributed by atoms with E-state index in [2.05, 4.69) is 6.07 Å². The number of fused-ring (bicyclic) bond motifs is 1. The molecule has 0 aliphatic carbocycles. The predicted octanol–water partition coefficient (Wildman–Crippen LogP) is 3.08. The van der Waals surface area contributed by atoms with E-state index in [1.165, 1.54) is 0 Å². The van der Waals surface area contributed by atoms with Crippen LogP contribution in [0, 0.1) is 11.3 Å². The second-order valence-electron chi connectivity index (χ2n) is 2.85. The van der Waals surface area contributed by atoms with Crippen LogP contribution in [0.5, 0.6) is 0 Å². The number of nitriles is 1. The lowest BCUT2D eigenvalue weighted by molar-refractivity contribution is 1.49. The Hall–Kier alpha value is -1.18. The molecule has 2 nitrogen and oxygen atoms in total. The van der Waals surface area contributed by atoms with E-state index in [1.54, 1.807) is 23.1 Å². The fourth-order valence-electron chi connectivity index (χ4n) is 1.33. The second kappa shape index (κ2) is 3.52. The maximum absolute atomic E-state index is 8.88. The average molecular weight is 220 g/mol. The largest absolute Gasteiger partial charge is 0.398 e. The molecule has 1 heterocycles. The molecule has 0 saturated carbocycles. The maximum atomic E-state index is 8.88. The van der Waals surface area contributed by atoms with Gasteiger partial charge in [-0.1, -0.05) is 0 Å². The van der Waals surface area contributed by atoms with E-state index in [9.17, 15) is 0 Å². The van der Waals surface area contributed by atoms with Gasteiger partial charge >= 0.3 is 0 Å². The SMILES string of the molecule is CSc1cc2c(C#N)csc2cc1N. The summed E-state index contributed by atoms with van der Waals surface area (Å²) in [4.78, 5) is 1.03. The molecule has 70 valence electrons. The van der Waals surface area contributed by atoms with Gasteiger partial charge in [0.25, 0.3) is 0 Å². The highest BCUT2D eigenvalue weighted by molar-refractivity contribution is 7.98. The molecule has 0 aliphatic rings. The van der Waals surface area contributed by atoms with Crippen LogP contribution in [0.1, 0.15) is 5.56 Å². The van der Waals surface area contributed by atoms with Gasteiger partial charge in [-0.2, -0.15) is 5.26 Å². The van der Waals surface area contributed by atoms with Gasteiger partial charge in [-0.25, -0.2) is 0 Å². The summed E-state index contributed by atoms with van der Waals surface area (Å²) in [6.07, 6.45) is 1.98. The molecule has 2 aromatic rings. The number of rotatable bonds is 1. The highest BCUT2D eigenvalue weighted by atomic mass is 32.2. The van der Waals surface area contributed by atoms with E-state index in [1.807, 2.05) is 23.8 Å². The van der Waals surface area contributed by atoms with Crippen LogP contribution in [-0.2, 0) is 0 Å². The van der Waals surface area contributed by atoms with Gasteiger partial charge in [0.2, 0.25) is 0 Å². The summed E-state index contributed by atoms with van der Waals surface area (Å²) in [7, 11) is 0. The lowest BCUT2D eigenvalue weighted by Crippen LogP contribution is -1.87. The number of thiophene rings is 1. The predicted molar refractivity (Wildman–Crippen MR) is 62.7 cm³/mol.